The molecule has 1 fully saturated rings. The molecule has 0 bridgehead atoms. The third-order valence-corrected chi connectivity index (χ3v) is 3.12. The van der Waals surface area contributed by atoms with E-state index in [1.54, 1.807) is 13.0 Å². The molecule has 0 spiro atoms. The molecule has 0 radical (unpaired) electrons. The molecule has 2 N–H and O–H groups in total. The highest BCUT2D eigenvalue weighted by molar-refractivity contribution is 5.98. The van der Waals surface area contributed by atoms with E-state index in [2.05, 4.69) is 5.32 Å². The van der Waals surface area contributed by atoms with Gasteiger partial charge in [-0.25, -0.2) is 4.39 Å². The first-order valence-corrected chi connectivity index (χ1v) is 5.32. The lowest BCUT2D eigenvalue weighted by molar-refractivity contribution is -0.142. The number of amides is 1. The van der Waals surface area contributed by atoms with Gasteiger partial charge in [0.2, 0.25) is 0 Å². The number of hydrogen-bond acceptors (Lipinski definition) is 2. The first-order valence-electron chi connectivity index (χ1n) is 5.32. The van der Waals surface area contributed by atoms with E-state index >= 15 is 0 Å². The number of carbonyl (C=O) groups excluding carboxylic acids is 1. The van der Waals surface area contributed by atoms with Gasteiger partial charge in [0, 0.05) is 11.3 Å². The van der Waals surface area contributed by atoms with Gasteiger partial charge >= 0.3 is 0 Å². The maximum atomic E-state index is 13.2. The van der Waals surface area contributed by atoms with Gasteiger partial charge in [-0.15, -0.1) is 0 Å². The van der Waals surface area contributed by atoms with Crippen molar-refractivity contribution in [1.29, 1.82) is 0 Å². The summed E-state index contributed by atoms with van der Waals surface area (Å²) in [6, 6.07) is 4.49. The van der Waals surface area contributed by atoms with Crippen LogP contribution in [0.5, 0.6) is 0 Å². The minimum atomic E-state index is -1.25. The molecule has 0 aliphatic heterocycles. The quantitative estimate of drug-likeness (QED) is 0.805. The highest BCUT2D eigenvalue weighted by Crippen LogP contribution is 2.33. The highest BCUT2D eigenvalue weighted by Gasteiger charge is 2.42. The molecule has 1 aromatic carbocycles. The van der Waals surface area contributed by atoms with Crippen molar-refractivity contribution >= 4 is 11.6 Å². The van der Waals surface area contributed by atoms with Gasteiger partial charge < -0.3 is 10.4 Å². The molecule has 0 unspecified atom stereocenters. The van der Waals surface area contributed by atoms with Crippen molar-refractivity contribution in [2.45, 2.75) is 31.8 Å². The maximum absolute atomic E-state index is 13.2. The molecule has 1 aliphatic rings. The Morgan fingerprint density at radius 3 is 2.75 bits per heavy atom. The number of halogens is 1. The number of rotatable bonds is 2. The van der Waals surface area contributed by atoms with Crippen LogP contribution >= 0.6 is 0 Å². The largest absolute Gasteiger partial charge is 0.380 e. The number of hydrogen-bond donors (Lipinski definition) is 2. The monoisotopic (exact) mass is 223 g/mol. The summed E-state index contributed by atoms with van der Waals surface area (Å²) < 4.78 is 13.2. The fraction of sp³-hybridized carbons (Fsp3) is 0.417. The molecule has 4 heteroatoms. The van der Waals surface area contributed by atoms with Crippen molar-refractivity contribution in [3.63, 3.8) is 0 Å². The maximum Gasteiger partial charge on any atom is 0.256 e. The fourth-order valence-electron chi connectivity index (χ4n) is 1.72. The summed E-state index contributed by atoms with van der Waals surface area (Å²) in [5, 5.41) is 12.4. The predicted molar refractivity (Wildman–Crippen MR) is 58.6 cm³/mol. The lowest BCUT2D eigenvalue weighted by Gasteiger charge is -2.34. The van der Waals surface area contributed by atoms with Crippen molar-refractivity contribution in [3.8, 4) is 0 Å². The zero-order valence-corrected chi connectivity index (χ0v) is 9.09. The number of anilines is 1. The molecule has 1 aromatic rings. The Labute approximate surface area is 93.3 Å². The van der Waals surface area contributed by atoms with Crippen LogP contribution < -0.4 is 5.32 Å². The molecule has 1 saturated carbocycles. The van der Waals surface area contributed by atoms with Gasteiger partial charge in [-0.1, -0.05) is 6.07 Å². The van der Waals surface area contributed by atoms with E-state index in [9.17, 15) is 14.3 Å². The minimum absolute atomic E-state index is 0.363. The van der Waals surface area contributed by atoms with Gasteiger partial charge in [0.05, 0.1) is 0 Å². The molecular weight excluding hydrogens is 209 g/mol. The van der Waals surface area contributed by atoms with Crippen molar-refractivity contribution in [1.82, 2.24) is 0 Å². The minimum Gasteiger partial charge on any atom is -0.380 e. The standard InChI is InChI=1S/C12H14FNO2/c1-8-9(13)4-2-5-10(8)14-11(15)12(16)6-3-7-12/h2,4-5,16H,3,6-7H2,1H3,(H,14,15). The van der Waals surface area contributed by atoms with E-state index in [1.807, 2.05) is 0 Å². The molecule has 3 nitrogen and oxygen atoms in total. The predicted octanol–water partition coefficient (Wildman–Crippen LogP) is 1.99. The van der Waals surface area contributed by atoms with E-state index in [0.29, 0.717) is 24.1 Å². The lowest BCUT2D eigenvalue weighted by Crippen LogP contribution is -2.48. The van der Waals surface area contributed by atoms with Crippen LogP contribution in [0.1, 0.15) is 24.8 Å². The van der Waals surface area contributed by atoms with Crippen LogP contribution in [0.2, 0.25) is 0 Å². The molecule has 0 saturated heterocycles. The van der Waals surface area contributed by atoms with Gasteiger partial charge in [0.15, 0.2) is 0 Å². The lowest BCUT2D eigenvalue weighted by atomic mass is 9.79. The third kappa shape index (κ3) is 1.80. The van der Waals surface area contributed by atoms with Gasteiger partial charge in [0.1, 0.15) is 11.4 Å². The topological polar surface area (TPSA) is 49.3 Å². The van der Waals surface area contributed by atoms with Crippen LogP contribution in [-0.2, 0) is 4.79 Å². The second-order valence-electron chi connectivity index (χ2n) is 4.25. The molecule has 1 amide bonds. The first kappa shape index (κ1) is 11.1. The Hall–Kier alpha value is -1.42. The molecule has 2 rings (SSSR count). The van der Waals surface area contributed by atoms with Gasteiger partial charge in [-0.2, -0.15) is 0 Å². The summed E-state index contributed by atoms with van der Waals surface area (Å²) in [4.78, 5) is 11.7. The SMILES string of the molecule is Cc1c(F)cccc1NC(=O)C1(O)CCC1. The zero-order valence-electron chi connectivity index (χ0n) is 9.09. The molecular formula is C12H14FNO2. The fourth-order valence-corrected chi connectivity index (χ4v) is 1.72. The Morgan fingerprint density at radius 2 is 2.19 bits per heavy atom. The van der Waals surface area contributed by atoms with E-state index < -0.39 is 11.5 Å². The first-order chi connectivity index (χ1) is 7.53. The second kappa shape index (κ2) is 3.87. The van der Waals surface area contributed by atoms with E-state index in [1.165, 1.54) is 12.1 Å². The van der Waals surface area contributed by atoms with Crippen LogP contribution in [0.15, 0.2) is 18.2 Å². The number of aliphatic hydroxyl groups is 1. The summed E-state index contributed by atoms with van der Waals surface area (Å²) >= 11 is 0. The average molecular weight is 223 g/mol. The summed E-state index contributed by atoms with van der Waals surface area (Å²) in [5.74, 6) is -0.800. The Morgan fingerprint density at radius 1 is 1.50 bits per heavy atom. The van der Waals surface area contributed by atoms with Gasteiger partial charge in [-0.05, 0) is 38.3 Å². The van der Waals surface area contributed by atoms with Crippen molar-refractivity contribution in [2.75, 3.05) is 5.32 Å². The molecule has 0 heterocycles. The Bertz CT molecular complexity index is 427. The van der Waals surface area contributed by atoms with E-state index in [4.69, 9.17) is 0 Å². The van der Waals surface area contributed by atoms with Crippen LogP contribution in [-0.4, -0.2) is 16.6 Å². The van der Waals surface area contributed by atoms with Crippen molar-refractivity contribution in [3.05, 3.63) is 29.6 Å². The zero-order chi connectivity index (χ0) is 11.8. The van der Waals surface area contributed by atoms with Crippen LogP contribution in [0, 0.1) is 12.7 Å². The van der Waals surface area contributed by atoms with Crippen LogP contribution in [0.3, 0.4) is 0 Å². The van der Waals surface area contributed by atoms with E-state index in [0.717, 1.165) is 6.42 Å². The molecule has 86 valence electrons. The average Bonchev–Trinajstić information content (AvgIpc) is 2.21. The molecule has 16 heavy (non-hydrogen) atoms. The number of carbonyl (C=O) groups is 1. The summed E-state index contributed by atoms with van der Waals surface area (Å²) in [5.41, 5.74) is -0.442. The number of nitrogens with one attached hydrogen (secondary N) is 1. The summed E-state index contributed by atoms with van der Waals surface area (Å²) in [6.45, 7) is 1.59. The summed E-state index contributed by atoms with van der Waals surface area (Å²) in [6.07, 6.45) is 1.81. The number of benzene rings is 1. The second-order valence-corrected chi connectivity index (χ2v) is 4.25. The Balaban J connectivity index is 2.15. The van der Waals surface area contributed by atoms with Crippen LogP contribution in [0.4, 0.5) is 10.1 Å². The summed E-state index contributed by atoms with van der Waals surface area (Å²) in [7, 11) is 0. The molecule has 1 aliphatic carbocycles. The third-order valence-electron chi connectivity index (χ3n) is 3.12. The van der Waals surface area contributed by atoms with E-state index in [-0.39, 0.29) is 5.82 Å². The van der Waals surface area contributed by atoms with Gasteiger partial charge in [-0.3, -0.25) is 4.79 Å². The normalized spacial score (nSPS) is 17.7. The molecule has 0 atom stereocenters. The highest BCUT2D eigenvalue weighted by atomic mass is 19.1. The van der Waals surface area contributed by atoms with Crippen molar-refractivity contribution < 1.29 is 14.3 Å². The smallest absolute Gasteiger partial charge is 0.256 e. The van der Waals surface area contributed by atoms with Gasteiger partial charge in [0.25, 0.3) is 5.91 Å². The molecule has 0 aromatic heterocycles. The van der Waals surface area contributed by atoms with Crippen molar-refractivity contribution in [2.24, 2.45) is 0 Å². The van der Waals surface area contributed by atoms with Crippen LogP contribution in [0.25, 0.3) is 0 Å². The Kier molecular flexibility index (Phi) is 2.68.